The zero-order valence-electron chi connectivity index (χ0n) is 11.0. The standard InChI is InChI=1S/C10H17N7O2S/c1-7-8(5-11)10(17-15-7)20(18,19)14-4-2-3-9-12-6-13-16-9/h6,14H,2-5,11H2,1H3,(H,15,17)(H,12,13,16). The van der Waals surface area contributed by atoms with Crippen molar-refractivity contribution in [3.63, 3.8) is 0 Å². The quantitative estimate of drug-likeness (QED) is 0.493. The Balaban J connectivity index is 1.93. The van der Waals surface area contributed by atoms with Crippen molar-refractivity contribution >= 4 is 10.0 Å². The lowest BCUT2D eigenvalue weighted by Gasteiger charge is -2.05. The van der Waals surface area contributed by atoms with E-state index in [2.05, 4.69) is 30.1 Å². The van der Waals surface area contributed by atoms with E-state index < -0.39 is 10.0 Å². The Labute approximate surface area is 116 Å². The molecular weight excluding hydrogens is 282 g/mol. The smallest absolute Gasteiger partial charge is 0.260 e. The van der Waals surface area contributed by atoms with Crippen LogP contribution in [0.2, 0.25) is 0 Å². The van der Waals surface area contributed by atoms with E-state index in [-0.39, 0.29) is 11.6 Å². The van der Waals surface area contributed by atoms with Crippen molar-refractivity contribution in [2.75, 3.05) is 6.54 Å². The maximum atomic E-state index is 12.1. The van der Waals surface area contributed by atoms with Crippen LogP contribution in [-0.4, -0.2) is 40.3 Å². The maximum absolute atomic E-state index is 12.1. The first kappa shape index (κ1) is 14.6. The molecule has 2 rings (SSSR count). The number of aromatic amines is 2. The van der Waals surface area contributed by atoms with Gasteiger partial charge in [-0.2, -0.15) is 10.2 Å². The van der Waals surface area contributed by atoms with E-state index in [9.17, 15) is 8.42 Å². The molecule has 0 aliphatic heterocycles. The van der Waals surface area contributed by atoms with Gasteiger partial charge >= 0.3 is 0 Å². The number of hydrogen-bond donors (Lipinski definition) is 4. The molecular formula is C10H17N7O2S. The second-order valence-electron chi connectivity index (χ2n) is 4.27. The summed E-state index contributed by atoms with van der Waals surface area (Å²) in [5, 5.41) is 12.8. The van der Waals surface area contributed by atoms with Crippen LogP contribution in [0.1, 0.15) is 23.5 Å². The molecule has 0 saturated heterocycles. The number of rotatable bonds is 7. The monoisotopic (exact) mass is 299 g/mol. The Morgan fingerprint density at radius 1 is 1.40 bits per heavy atom. The summed E-state index contributed by atoms with van der Waals surface area (Å²) in [5.74, 6) is 0.724. The number of hydrogen-bond acceptors (Lipinski definition) is 6. The topological polar surface area (TPSA) is 142 Å². The summed E-state index contributed by atoms with van der Waals surface area (Å²) in [4.78, 5) is 3.96. The molecule has 0 unspecified atom stereocenters. The van der Waals surface area contributed by atoms with E-state index in [0.29, 0.717) is 30.6 Å². The van der Waals surface area contributed by atoms with Crippen LogP contribution in [0.5, 0.6) is 0 Å². The molecule has 110 valence electrons. The molecule has 9 nitrogen and oxygen atoms in total. The number of nitrogens with one attached hydrogen (secondary N) is 3. The van der Waals surface area contributed by atoms with Crippen molar-refractivity contribution in [1.82, 2.24) is 30.1 Å². The zero-order chi connectivity index (χ0) is 14.6. The van der Waals surface area contributed by atoms with Gasteiger partial charge in [-0.15, -0.1) is 0 Å². The van der Waals surface area contributed by atoms with E-state index in [1.54, 1.807) is 6.92 Å². The van der Waals surface area contributed by atoms with Crippen molar-refractivity contribution in [2.45, 2.75) is 31.3 Å². The van der Waals surface area contributed by atoms with Crippen molar-refractivity contribution in [3.8, 4) is 0 Å². The number of H-pyrrole nitrogens is 2. The highest BCUT2D eigenvalue weighted by Crippen LogP contribution is 2.15. The molecule has 10 heteroatoms. The van der Waals surface area contributed by atoms with Crippen LogP contribution in [0.15, 0.2) is 11.4 Å². The van der Waals surface area contributed by atoms with Gasteiger partial charge in [0.15, 0.2) is 5.03 Å². The van der Waals surface area contributed by atoms with E-state index in [0.717, 1.165) is 5.82 Å². The van der Waals surface area contributed by atoms with Crippen LogP contribution in [0, 0.1) is 6.92 Å². The first-order valence-corrected chi connectivity index (χ1v) is 7.60. The van der Waals surface area contributed by atoms with Gasteiger partial charge in [0.1, 0.15) is 12.2 Å². The molecule has 0 aliphatic rings. The van der Waals surface area contributed by atoms with Gasteiger partial charge in [0.2, 0.25) is 0 Å². The minimum atomic E-state index is -3.64. The summed E-state index contributed by atoms with van der Waals surface area (Å²) in [6.07, 6.45) is 2.64. The Bertz CT molecular complexity index is 647. The Morgan fingerprint density at radius 2 is 2.20 bits per heavy atom. The van der Waals surface area contributed by atoms with E-state index in [4.69, 9.17) is 5.73 Å². The van der Waals surface area contributed by atoms with E-state index >= 15 is 0 Å². The lowest BCUT2D eigenvalue weighted by atomic mass is 10.3. The summed E-state index contributed by atoms with van der Waals surface area (Å²) in [6, 6.07) is 0. The average molecular weight is 299 g/mol. The minimum Gasteiger partial charge on any atom is -0.326 e. The largest absolute Gasteiger partial charge is 0.326 e. The van der Waals surface area contributed by atoms with Gasteiger partial charge in [-0.05, 0) is 13.3 Å². The van der Waals surface area contributed by atoms with Gasteiger partial charge in [0, 0.05) is 30.8 Å². The Kier molecular flexibility index (Phi) is 4.47. The van der Waals surface area contributed by atoms with Crippen molar-refractivity contribution in [3.05, 3.63) is 23.4 Å². The van der Waals surface area contributed by atoms with Gasteiger partial charge in [0.05, 0.1) is 0 Å². The van der Waals surface area contributed by atoms with Gasteiger partial charge in [0.25, 0.3) is 10.0 Å². The molecule has 0 amide bonds. The predicted molar refractivity (Wildman–Crippen MR) is 71.1 cm³/mol. The lowest BCUT2D eigenvalue weighted by molar-refractivity contribution is 0.572. The first-order chi connectivity index (χ1) is 9.54. The highest BCUT2D eigenvalue weighted by molar-refractivity contribution is 7.89. The van der Waals surface area contributed by atoms with Crippen LogP contribution in [-0.2, 0) is 23.0 Å². The van der Waals surface area contributed by atoms with Crippen molar-refractivity contribution in [2.24, 2.45) is 5.73 Å². The fraction of sp³-hybridized carbons (Fsp3) is 0.500. The fourth-order valence-electron chi connectivity index (χ4n) is 1.77. The number of aryl methyl sites for hydroxylation is 2. The van der Waals surface area contributed by atoms with Crippen LogP contribution in [0.4, 0.5) is 0 Å². The highest BCUT2D eigenvalue weighted by Gasteiger charge is 2.22. The van der Waals surface area contributed by atoms with Crippen LogP contribution in [0.25, 0.3) is 0 Å². The Morgan fingerprint density at radius 3 is 2.85 bits per heavy atom. The SMILES string of the molecule is Cc1[nH]nc(S(=O)(=O)NCCCc2ncn[nH]2)c1CN. The maximum Gasteiger partial charge on any atom is 0.260 e. The molecule has 0 radical (unpaired) electrons. The van der Waals surface area contributed by atoms with Crippen LogP contribution in [0.3, 0.4) is 0 Å². The molecule has 0 fully saturated rings. The van der Waals surface area contributed by atoms with Gasteiger partial charge in [-0.3, -0.25) is 10.2 Å². The van der Waals surface area contributed by atoms with Gasteiger partial charge in [-0.25, -0.2) is 18.1 Å². The summed E-state index contributed by atoms with van der Waals surface area (Å²) in [6.45, 7) is 2.15. The second-order valence-corrected chi connectivity index (χ2v) is 5.95. The molecule has 0 bridgehead atoms. The number of nitrogens with zero attached hydrogens (tertiary/aromatic N) is 3. The molecule has 0 aliphatic carbocycles. The third kappa shape index (κ3) is 3.21. The van der Waals surface area contributed by atoms with Crippen LogP contribution < -0.4 is 10.5 Å². The summed E-state index contributed by atoms with van der Waals surface area (Å²) in [7, 11) is -3.64. The number of sulfonamides is 1. The third-order valence-corrected chi connectivity index (χ3v) is 4.27. The first-order valence-electron chi connectivity index (χ1n) is 6.12. The zero-order valence-corrected chi connectivity index (χ0v) is 11.9. The third-order valence-electron chi connectivity index (χ3n) is 2.84. The minimum absolute atomic E-state index is 0.0304. The lowest BCUT2D eigenvalue weighted by Crippen LogP contribution is -2.26. The Hall–Kier alpha value is -1.78. The summed E-state index contributed by atoms with van der Waals surface area (Å²) in [5.41, 5.74) is 6.71. The molecule has 5 N–H and O–H groups in total. The molecule has 0 aromatic carbocycles. The predicted octanol–water partition coefficient (Wildman–Crippen LogP) is -0.794. The van der Waals surface area contributed by atoms with E-state index in [1.807, 2.05) is 0 Å². The average Bonchev–Trinajstić information content (AvgIpc) is 3.04. The molecule has 2 heterocycles. The number of nitrogens with two attached hydrogens (primary N) is 1. The number of aromatic nitrogens is 5. The van der Waals surface area contributed by atoms with E-state index in [1.165, 1.54) is 6.33 Å². The molecule has 0 spiro atoms. The fourth-order valence-corrected chi connectivity index (χ4v) is 3.05. The summed E-state index contributed by atoms with van der Waals surface area (Å²) < 4.78 is 26.7. The van der Waals surface area contributed by atoms with Crippen LogP contribution >= 0.6 is 0 Å². The second kappa shape index (κ2) is 6.11. The van der Waals surface area contributed by atoms with Gasteiger partial charge < -0.3 is 5.73 Å². The molecule has 0 atom stereocenters. The molecule has 20 heavy (non-hydrogen) atoms. The van der Waals surface area contributed by atoms with Crippen molar-refractivity contribution < 1.29 is 8.42 Å². The highest BCUT2D eigenvalue weighted by atomic mass is 32.2. The normalized spacial score (nSPS) is 11.9. The van der Waals surface area contributed by atoms with Crippen molar-refractivity contribution in [1.29, 1.82) is 0 Å². The molecule has 2 aromatic rings. The van der Waals surface area contributed by atoms with Gasteiger partial charge in [-0.1, -0.05) is 0 Å². The summed E-state index contributed by atoms with van der Waals surface area (Å²) >= 11 is 0. The molecule has 2 aromatic heterocycles. The molecule has 0 saturated carbocycles.